The summed E-state index contributed by atoms with van der Waals surface area (Å²) in [6.45, 7) is 2.13. The number of rotatable bonds is 4. The van der Waals surface area contributed by atoms with Crippen LogP contribution in [0, 0.1) is 6.92 Å². The van der Waals surface area contributed by atoms with E-state index in [1.807, 2.05) is 12.1 Å². The van der Waals surface area contributed by atoms with Crippen molar-refractivity contribution in [3.63, 3.8) is 0 Å². The van der Waals surface area contributed by atoms with Gasteiger partial charge in [0.05, 0.1) is 6.61 Å². The van der Waals surface area contributed by atoms with Gasteiger partial charge in [0.2, 0.25) is 5.82 Å². The molecule has 0 atom stereocenters. The van der Waals surface area contributed by atoms with E-state index in [4.69, 9.17) is 4.74 Å². The van der Waals surface area contributed by atoms with Crippen LogP contribution in [0.5, 0.6) is 0 Å². The minimum absolute atomic E-state index is 0.112. The van der Waals surface area contributed by atoms with Crippen LogP contribution in [0.1, 0.15) is 22.0 Å². The maximum Gasteiger partial charge on any atom is 0.295 e. The number of methoxy groups -OCH3 is 1. The molecule has 1 aromatic heterocycles. The summed E-state index contributed by atoms with van der Waals surface area (Å²) in [5, 5.41) is 9.22. The van der Waals surface area contributed by atoms with Gasteiger partial charge in [-0.25, -0.2) is 4.98 Å². The molecule has 1 heterocycles. The average Bonchev–Trinajstić information content (AvgIpc) is 2.80. The first-order valence-corrected chi connectivity index (χ1v) is 6.38. The van der Waals surface area contributed by atoms with Gasteiger partial charge in [-0.3, -0.25) is 9.89 Å². The first-order valence-electron chi connectivity index (χ1n) is 5.58. The maximum absolute atomic E-state index is 12.0. The lowest BCUT2D eigenvalue weighted by atomic mass is 10.2. The van der Waals surface area contributed by atoms with E-state index < -0.39 is 0 Å². The first kappa shape index (κ1) is 13.7. The van der Waals surface area contributed by atoms with E-state index in [1.54, 1.807) is 20.1 Å². The summed E-state index contributed by atoms with van der Waals surface area (Å²) in [6.07, 6.45) is 0. The molecule has 0 spiro atoms. The molecule has 7 heteroatoms. The molecule has 100 valence electrons. The zero-order valence-corrected chi connectivity index (χ0v) is 12.1. The average molecular weight is 325 g/mol. The van der Waals surface area contributed by atoms with Crippen molar-refractivity contribution >= 4 is 27.5 Å². The predicted octanol–water partition coefficient (Wildman–Crippen LogP) is 2.27. The minimum atomic E-state index is -0.361. The molecule has 2 aromatic rings. The van der Waals surface area contributed by atoms with E-state index in [-0.39, 0.29) is 11.7 Å². The summed E-state index contributed by atoms with van der Waals surface area (Å²) in [6, 6.07) is 5.53. The van der Waals surface area contributed by atoms with Crippen molar-refractivity contribution in [2.45, 2.75) is 13.5 Å². The molecule has 2 N–H and O–H groups in total. The number of H-pyrrole nitrogens is 1. The molecule has 0 bridgehead atoms. The Bertz CT molecular complexity index is 597. The molecule has 0 aliphatic heterocycles. The van der Waals surface area contributed by atoms with Crippen molar-refractivity contribution in [3.8, 4) is 0 Å². The molecule has 19 heavy (non-hydrogen) atoms. The van der Waals surface area contributed by atoms with Crippen molar-refractivity contribution in [1.29, 1.82) is 0 Å². The molecule has 0 saturated carbocycles. The smallest absolute Gasteiger partial charge is 0.295 e. The fourth-order valence-corrected chi connectivity index (χ4v) is 2.07. The fraction of sp³-hybridized carbons (Fsp3) is 0.250. The number of ether oxygens (including phenoxy) is 1. The lowest BCUT2D eigenvalue weighted by Crippen LogP contribution is -2.15. The van der Waals surface area contributed by atoms with E-state index >= 15 is 0 Å². The lowest BCUT2D eigenvalue weighted by Gasteiger charge is -2.11. The van der Waals surface area contributed by atoms with Crippen LogP contribution in [-0.2, 0) is 11.3 Å². The van der Waals surface area contributed by atoms with Crippen LogP contribution in [0.15, 0.2) is 22.7 Å². The molecule has 1 aromatic carbocycles. The van der Waals surface area contributed by atoms with Gasteiger partial charge in [0.1, 0.15) is 5.82 Å². The number of carbonyl (C=O) groups is 1. The number of nitrogens with zero attached hydrogens (tertiary/aromatic N) is 2. The van der Waals surface area contributed by atoms with Crippen molar-refractivity contribution in [2.24, 2.45) is 0 Å². The third kappa shape index (κ3) is 3.18. The highest BCUT2D eigenvalue weighted by atomic mass is 79.9. The number of aromatic amines is 1. The second kappa shape index (κ2) is 5.94. The van der Waals surface area contributed by atoms with E-state index in [0.29, 0.717) is 18.1 Å². The molecule has 2 rings (SSSR count). The molecule has 0 radical (unpaired) electrons. The Balaban J connectivity index is 2.23. The van der Waals surface area contributed by atoms with Crippen molar-refractivity contribution in [1.82, 2.24) is 15.2 Å². The molecule has 0 aliphatic carbocycles. The van der Waals surface area contributed by atoms with Gasteiger partial charge in [-0.05, 0) is 19.1 Å². The highest BCUT2D eigenvalue weighted by Crippen LogP contribution is 2.25. The molecule has 6 nitrogen and oxygen atoms in total. The summed E-state index contributed by atoms with van der Waals surface area (Å²) in [7, 11) is 1.60. The zero-order valence-electron chi connectivity index (χ0n) is 10.5. The summed E-state index contributed by atoms with van der Waals surface area (Å²) >= 11 is 3.43. The quantitative estimate of drug-likeness (QED) is 0.904. The van der Waals surface area contributed by atoms with E-state index in [9.17, 15) is 4.79 Å². The normalized spacial score (nSPS) is 10.5. The number of amides is 1. The number of hydrogen-bond donors (Lipinski definition) is 2. The summed E-state index contributed by atoms with van der Waals surface area (Å²) in [5.74, 6) is 0.345. The topological polar surface area (TPSA) is 79.9 Å². The Morgan fingerprint density at radius 2 is 2.32 bits per heavy atom. The Hall–Kier alpha value is -1.73. The molecule has 0 aliphatic rings. The third-order valence-corrected chi connectivity index (χ3v) is 3.20. The SMILES string of the molecule is COCc1c(Br)cccc1NC(=O)c1n[nH]c(C)n1. The lowest BCUT2D eigenvalue weighted by molar-refractivity contribution is 0.101. The Labute approximate surface area is 118 Å². The molecular formula is C12H13BrN4O2. The van der Waals surface area contributed by atoms with Crippen LogP contribution in [0.3, 0.4) is 0 Å². The molecule has 0 unspecified atom stereocenters. The van der Waals surface area contributed by atoms with E-state index in [1.165, 1.54) is 0 Å². The number of halogens is 1. The van der Waals surface area contributed by atoms with Gasteiger partial charge in [0, 0.05) is 22.8 Å². The zero-order chi connectivity index (χ0) is 13.8. The van der Waals surface area contributed by atoms with Crippen LogP contribution in [0.4, 0.5) is 5.69 Å². The van der Waals surface area contributed by atoms with Crippen LogP contribution >= 0.6 is 15.9 Å². The van der Waals surface area contributed by atoms with Gasteiger partial charge in [0.25, 0.3) is 5.91 Å². The number of anilines is 1. The Morgan fingerprint density at radius 3 is 2.95 bits per heavy atom. The second-order valence-corrected chi connectivity index (χ2v) is 4.75. The number of carbonyl (C=O) groups excluding carboxylic acids is 1. The highest BCUT2D eigenvalue weighted by Gasteiger charge is 2.14. The standard InChI is InChI=1S/C12H13BrN4O2/c1-7-14-11(17-16-7)12(18)15-10-5-3-4-9(13)8(10)6-19-2/h3-5H,6H2,1-2H3,(H,15,18)(H,14,16,17). The largest absolute Gasteiger partial charge is 0.380 e. The summed E-state index contributed by atoms with van der Waals surface area (Å²) < 4.78 is 6.00. The second-order valence-electron chi connectivity index (χ2n) is 3.90. The van der Waals surface area contributed by atoms with Gasteiger partial charge in [-0.1, -0.05) is 22.0 Å². The summed E-state index contributed by atoms with van der Waals surface area (Å²) in [4.78, 5) is 16.0. The van der Waals surface area contributed by atoms with Gasteiger partial charge in [0.15, 0.2) is 0 Å². The van der Waals surface area contributed by atoms with Gasteiger partial charge < -0.3 is 10.1 Å². The Kier molecular flexibility index (Phi) is 4.28. The maximum atomic E-state index is 12.0. The fourth-order valence-electron chi connectivity index (χ4n) is 1.59. The van der Waals surface area contributed by atoms with Gasteiger partial charge in [-0.2, -0.15) is 0 Å². The van der Waals surface area contributed by atoms with Crippen LogP contribution in [0.25, 0.3) is 0 Å². The summed E-state index contributed by atoms with van der Waals surface area (Å²) in [5.41, 5.74) is 1.54. The number of aromatic nitrogens is 3. The predicted molar refractivity (Wildman–Crippen MR) is 73.9 cm³/mol. The highest BCUT2D eigenvalue weighted by molar-refractivity contribution is 9.10. The van der Waals surface area contributed by atoms with Crippen molar-refractivity contribution in [3.05, 3.63) is 39.9 Å². The molecular weight excluding hydrogens is 312 g/mol. The monoisotopic (exact) mass is 324 g/mol. The number of hydrogen-bond acceptors (Lipinski definition) is 4. The van der Waals surface area contributed by atoms with E-state index in [2.05, 4.69) is 36.4 Å². The number of benzene rings is 1. The number of aryl methyl sites for hydroxylation is 1. The van der Waals surface area contributed by atoms with Gasteiger partial charge >= 0.3 is 0 Å². The van der Waals surface area contributed by atoms with Crippen molar-refractivity contribution < 1.29 is 9.53 Å². The van der Waals surface area contributed by atoms with Crippen LogP contribution in [-0.4, -0.2) is 28.2 Å². The van der Waals surface area contributed by atoms with E-state index in [0.717, 1.165) is 10.0 Å². The molecule has 0 saturated heterocycles. The van der Waals surface area contributed by atoms with Crippen LogP contribution in [0.2, 0.25) is 0 Å². The molecule has 0 fully saturated rings. The Morgan fingerprint density at radius 1 is 1.53 bits per heavy atom. The van der Waals surface area contributed by atoms with Crippen molar-refractivity contribution in [2.75, 3.05) is 12.4 Å². The first-order chi connectivity index (χ1) is 9.11. The molecule has 1 amide bonds. The third-order valence-electron chi connectivity index (χ3n) is 2.46. The van der Waals surface area contributed by atoms with Gasteiger partial charge in [-0.15, -0.1) is 5.10 Å². The minimum Gasteiger partial charge on any atom is -0.380 e. The van der Waals surface area contributed by atoms with Crippen LogP contribution < -0.4 is 5.32 Å². The number of nitrogens with one attached hydrogen (secondary N) is 2.